The molecule has 3 N–H and O–H groups in total. The Bertz CT molecular complexity index is 1190. The first kappa shape index (κ1) is 19.6. The largest absolute Gasteiger partial charge is 0.477 e. The van der Waals surface area contributed by atoms with Crippen molar-refractivity contribution in [1.29, 1.82) is 0 Å². The van der Waals surface area contributed by atoms with Crippen LogP contribution in [0.4, 0.5) is 24.5 Å². The molecule has 0 atom stereocenters. The molecule has 0 spiro atoms. The van der Waals surface area contributed by atoms with E-state index in [1.165, 1.54) is 14.1 Å². The van der Waals surface area contributed by atoms with Crippen molar-refractivity contribution in [3.63, 3.8) is 0 Å². The number of aromatic nitrogens is 1. The molecule has 0 aliphatic heterocycles. The van der Waals surface area contributed by atoms with Gasteiger partial charge in [-0.1, -0.05) is 11.6 Å². The maximum atomic E-state index is 14.6. The Hall–Kier alpha value is -3.20. The van der Waals surface area contributed by atoms with Crippen LogP contribution in [0.25, 0.3) is 16.6 Å². The van der Waals surface area contributed by atoms with Gasteiger partial charge in [-0.2, -0.15) is 0 Å². The van der Waals surface area contributed by atoms with Crippen LogP contribution in [0.15, 0.2) is 29.2 Å². The van der Waals surface area contributed by atoms with Crippen LogP contribution in [-0.2, 0) is 0 Å². The Morgan fingerprint density at radius 2 is 1.75 bits per heavy atom. The van der Waals surface area contributed by atoms with Gasteiger partial charge < -0.3 is 20.3 Å². The summed E-state index contributed by atoms with van der Waals surface area (Å²) in [5.41, 5.74) is -2.37. The molecular formula is C18H13ClF3N3O3. The second-order valence-corrected chi connectivity index (χ2v) is 6.15. The Morgan fingerprint density at radius 3 is 2.32 bits per heavy atom. The minimum atomic E-state index is -1.59. The van der Waals surface area contributed by atoms with E-state index in [0.717, 1.165) is 22.9 Å². The first-order chi connectivity index (χ1) is 13.2. The van der Waals surface area contributed by atoms with Crippen molar-refractivity contribution in [2.24, 2.45) is 0 Å². The lowest BCUT2D eigenvalue weighted by Crippen LogP contribution is -2.19. The maximum Gasteiger partial charge on any atom is 0.341 e. The molecule has 28 heavy (non-hydrogen) atoms. The van der Waals surface area contributed by atoms with E-state index < -0.39 is 34.4 Å². The van der Waals surface area contributed by atoms with E-state index in [1.807, 2.05) is 0 Å². The summed E-state index contributed by atoms with van der Waals surface area (Å²) in [5, 5.41) is 13.8. The number of carboxylic acids is 1. The fourth-order valence-corrected chi connectivity index (χ4v) is 3.28. The number of benzene rings is 2. The molecule has 0 bridgehead atoms. The van der Waals surface area contributed by atoms with Crippen LogP contribution in [0, 0.1) is 17.5 Å². The van der Waals surface area contributed by atoms with Gasteiger partial charge in [-0.25, -0.2) is 18.0 Å². The van der Waals surface area contributed by atoms with Crippen molar-refractivity contribution < 1.29 is 23.1 Å². The molecule has 0 unspecified atom stereocenters. The third kappa shape index (κ3) is 2.93. The summed E-state index contributed by atoms with van der Waals surface area (Å²) in [7, 11) is 2.80. The van der Waals surface area contributed by atoms with Crippen LogP contribution >= 0.6 is 11.6 Å². The zero-order valence-corrected chi connectivity index (χ0v) is 15.3. The van der Waals surface area contributed by atoms with Crippen molar-refractivity contribution in [2.75, 3.05) is 24.7 Å². The fourth-order valence-electron chi connectivity index (χ4n) is 2.90. The predicted molar refractivity (Wildman–Crippen MR) is 100 cm³/mol. The first-order valence-electron chi connectivity index (χ1n) is 7.86. The number of carbonyl (C=O) groups is 1. The molecule has 10 heteroatoms. The smallest absolute Gasteiger partial charge is 0.341 e. The van der Waals surface area contributed by atoms with Gasteiger partial charge in [-0.15, -0.1) is 0 Å². The van der Waals surface area contributed by atoms with Crippen molar-refractivity contribution >= 4 is 39.8 Å². The van der Waals surface area contributed by atoms with E-state index in [2.05, 4.69) is 10.6 Å². The molecule has 6 nitrogen and oxygen atoms in total. The molecule has 146 valence electrons. The highest BCUT2D eigenvalue weighted by Gasteiger charge is 2.23. The minimum absolute atomic E-state index is 0.0767. The summed E-state index contributed by atoms with van der Waals surface area (Å²) in [6.45, 7) is 0. The Labute approximate surface area is 161 Å². The number of halogens is 4. The van der Waals surface area contributed by atoms with Crippen LogP contribution in [0.5, 0.6) is 0 Å². The van der Waals surface area contributed by atoms with Gasteiger partial charge in [-0.3, -0.25) is 4.79 Å². The Kier molecular flexibility index (Phi) is 4.95. The van der Waals surface area contributed by atoms with Crippen molar-refractivity contribution in [3.05, 3.63) is 62.7 Å². The Morgan fingerprint density at radius 1 is 1.07 bits per heavy atom. The number of rotatable bonds is 4. The van der Waals surface area contributed by atoms with Crippen molar-refractivity contribution in [3.8, 4) is 5.69 Å². The summed E-state index contributed by atoms with van der Waals surface area (Å²) >= 11 is 6.24. The lowest BCUT2D eigenvalue weighted by Gasteiger charge is -2.17. The molecule has 0 aliphatic rings. The van der Waals surface area contributed by atoms with Crippen molar-refractivity contribution in [1.82, 2.24) is 4.57 Å². The van der Waals surface area contributed by atoms with Crippen LogP contribution < -0.4 is 16.1 Å². The number of hydrogen-bond donors (Lipinski definition) is 3. The van der Waals surface area contributed by atoms with Gasteiger partial charge in [0, 0.05) is 26.4 Å². The number of fused-ring (bicyclic) bond motifs is 1. The predicted octanol–water partition coefficient (Wildman–Crippen LogP) is 3.84. The molecule has 0 radical (unpaired) electrons. The molecule has 3 aromatic rings. The van der Waals surface area contributed by atoms with E-state index in [9.17, 15) is 27.9 Å². The van der Waals surface area contributed by atoms with Crippen LogP contribution in [0.1, 0.15) is 10.4 Å². The normalized spacial score (nSPS) is 10.9. The van der Waals surface area contributed by atoms with E-state index in [0.29, 0.717) is 6.07 Å². The molecule has 0 saturated carbocycles. The lowest BCUT2D eigenvalue weighted by molar-refractivity contribution is 0.0695. The SMILES string of the molecule is CNc1cc(-n2cc(C(=O)O)c(=O)c3cc(F)c(NC)c(Cl)c32)c(F)cc1F. The van der Waals surface area contributed by atoms with Gasteiger partial charge in [-0.05, 0) is 12.1 Å². The van der Waals surface area contributed by atoms with Crippen LogP contribution in [-0.4, -0.2) is 29.7 Å². The second kappa shape index (κ2) is 7.08. The number of aromatic carboxylic acids is 1. The zero-order chi connectivity index (χ0) is 20.7. The quantitative estimate of drug-likeness (QED) is 0.607. The van der Waals surface area contributed by atoms with E-state index in [-0.39, 0.29) is 33.0 Å². The zero-order valence-electron chi connectivity index (χ0n) is 14.5. The second-order valence-electron chi connectivity index (χ2n) is 5.77. The third-order valence-corrected chi connectivity index (χ3v) is 4.59. The maximum absolute atomic E-state index is 14.6. The van der Waals surface area contributed by atoms with Gasteiger partial charge in [0.25, 0.3) is 0 Å². The summed E-state index contributed by atoms with van der Waals surface area (Å²) in [5.74, 6) is -4.39. The number of anilines is 2. The molecule has 0 aliphatic carbocycles. The average molecular weight is 412 g/mol. The van der Waals surface area contributed by atoms with Crippen molar-refractivity contribution in [2.45, 2.75) is 0 Å². The van der Waals surface area contributed by atoms with Gasteiger partial charge in [0.05, 0.1) is 33.0 Å². The monoisotopic (exact) mass is 411 g/mol. The highest BCUT2D eigenvalue weighted by atomic mass is 35.5. The summed E-state index contributed by atoms with van der Waals surface area (Å²) in [6.07, 6.45) is 0.867. The Balaban J connectivity index is 2.57. The fraction of sp³-hybridized carbons (Fsp3) is 0.111. The van der Waals surface area contributed by atoms with E-state index in [4.69, 9.17) is 11.6 Å². The van der Waals surface area contributed by atoms with E-state index >= 15 is 0 Å². The number of hydrogen-bond acceptors (Lipinski definition) is 4. The average Bonchev–Trinajstić information content (AvgIpc) is 2.63. The van der Waals surface area contributed by atoms with E-state index in [1.54, 1.807) is 0 Å². The first-order valence-corrected chi connectivity index (χ1v) is 8.24. The van der Waals surface area contributed by atoms with Crippen LogP contribution in [0.3, 0.4) is 0 Å². The number of nitrogens with zero attached hydrogens (tertiary/aromatic N) is 1. The number of carboxylic acid groups (broad SMARTS) is 1. The summed E-state index contributed by atoms with van der Waals surface area (Å²) in [4.78, 5) is 24.0. The highest BCUT2D eigenvalue weighted by molar-refractivity contribution is 6.38. The number of nitrogens with one attached hydrogen (secondary N) is 2. The molecule has 1 aromatic heterocycles. The molecule has 0 saturated heterocycles. The summed E-state index contributed by atoms with van der Waals surface area (Å²) < 4.78 is 43.7. The number of pyridine rings is 1. The topological polar surface area (TPSA) is 83.4 Å². The van der Waals surface area contributed by atoms with Gasteiger partial charge in [0.15, 0.2) is 0 Å². The van der Waals surface area contributed by atoms with Crippen LogP contribution in [0.2, 0.25) is 5.02 Å². The molecule has 3 rings (SSSR count). The summed E-state index contributed by atoms with van der Waals surface area (Å²) in [6, 6.07) is 2.50. The lowest BCUT2D eigenvalue weighted by atomic mass is 10.1. The molecule has 0 fully saturated rings. The standard InChI is InChI=1S/C18H13ClF3N3O3/c1-23-12-5-13(10(21)4-9(12)20)25-6-8(18(27)28)17(26)7-3-11(22)15(24-2)14(19)16(7)25/h3-6,23-24H,1-2H3,(H,27,28). The molecular weight excluding hydrogens is 399 g/mol. The van der Waals surface area contributed by atoms with Gasteiger partial charge in [0.1, 0.15) is 23.0 Å². The highest BCUT2D eigenvalue weighted by Crippen LogP contribution is 2.35. The molecule has 2 aromatic carbocycles. The third-order valence-electron chi connectivity index (χ3n) is 4.23. The molecule has 0 amide bonds. The molecule has 1 heterocycles. The van der Waals surface area contributed by atoms with Gasteiger partial charge in [0.2, 0.25) is 5.43 Å². The minimum Gasteiger partial charge on any atom is -0.477 e. The van der Waals surface area contributed by atoms with Gasteiger partial charge >= 0.3 is 5.97 Å².